The Labute approximate surface area is 163 Å². The van der Waals surface area contributed by atoms with Gasteiger partial charge in [0.05, 0.1) is 17.9 Å². The van der Waals surface area contributed by atoms with Gasteiger partial charge in [-0.05, 0) is 47.6 Å². The van der Waals surface area contributed by atoms with Crippen LogP contribution < -0.4 is 0 Å². The van der Waals surface area contributed by atoms with Crippen molar-refractivity contribution in [2.45, 2.75) is 32.6 Å². The van der Waals surface area contributed by atoms with Crippen LogP contribution in [0.5, 0.6) is 0 Å². The summed E-state index contributed by atoms with van der Waals surface area (Å²) in [6.45, 7) is 7.08. The van der Waals surface area contributed by atoms with Crippen molar-refractivity contribution in [3.63, 3.8) is 0 Å². The van der Waals surface area contributed by atoms with Crippen LogP contribution >= 0.6 is 11.8 Å². The summed E-state index contributed by atoms with van der Waals surface area (Å²) < 4.78 is 16.2. The monoisotopic (exact) mass is 379 g/mol. The minimum Gasteiger partial charge on any atom is -0.260 e. The van der Waals surface area contributed by atoms with Crippen molar-refractivity contribution in [1.82, 2.24) is 14.8 Å². The van der Waals surface area contributed by atoms with Crippen molar-refractivity contribution in [3.05, 3.63) is 76.7 Å². The van der Waals surface area contributed by atoms with Crippen LogP contribution in [0.1, 0.15) is 32.0 Å². The number of thioether (sulfide) groups is 1. The average molecular weight is 380 g/mol. The number of nitrogens with zero attached hydrogens (tertiary/aromatic N) is 3. The first kappa shape index (κ1) is 18.0. The fourth-order valence-electron chi connectivity index (χ4n) is 3.59. The number of benzene rings is 1. The maximum Gasteiger partial charge on any atom is 0.128 e. The molecule has 2 atom stereocenters. The second-order valence-corrected chi connectivity index (χ2v) is 8.55. The van der Waals surface area contributed by atoms with Gasteiger partial charge in [-0.2, -0.15) is 5.10 Å². The zero-order valence-corrected chi connectivity index (χ0v) is 16.5. The Morgan fingerprint density at radius 1 is 1.07 bits per heavy atom. The lowest BCUT2D eigenvalue weighted by Gasteiger charge is -2.15. The van der Waals surface area contributed by atoms with E-state index in [4.69, 9.17) is 5.10 Å². The Balaban J connectivity index is 1.83. The Morgan fingerprint density at radius 3 is 2.52 bits per heavy atom. The van der Waals surface area contributed by atoms with Gasteiger partial charge in [0, 0.05) is 17.0 Å². The minimum atomic E-state index is -0.203. The quantitative estimate of drug-likeness (QED) is 0.588. The van der Waals surface area contributed by atoms with Crippen LogP contribution in [-0.2, 0) is 6.54 Å². The van der Waals surface area contributed by atoms with Gasteiger partial charge in [-0.3, -0.25) is 9.67 Å². The highest BCUT2D eigenvalue weighted by molar-refractivity contribution is 8.04. The second-order valence-electron chi connectivity index (χ2n) is 6.96. The fraction of sp³-hybridized carbons (Fsp3) is 0.273. The summed E-state index contributed by atoms with van der Waals surface area (Å²) in [4.78, 5) is 5.75. The van der Waals surface area contributed by atoms with E-state index >= 15 is 0 Å². The number of aromatic nitrogens is 3. The van der Waals surface area contributed by atoms with Crippen molar-refractivity contribution in [2.24, 2.45) is 5.92 Å². The third-order valence-corrected chi connectivity index (χ3v) is 6.52. The summed E-state index contributed by atoms with van der Waals surface area (Å²) in [7, 11) is 0. The third-order valence-electron chi connectivity index (χ3n) is 5.16. The smallest absolute Gasteiger partial charge is 0.128 e. The number of halogens is 1. The molecule has 0 saturated carbocycles. The minimum absolute atomic E-state index is 0.203. The maximum absolute atomic E-state index is 14.3. The van der Waals surface area contributed by atoms with E-state index < -0.39 is 0 Å². The van der Waals surface area contributed by atoms with Crippen molar-refractivity contribution in [2.75, 3.05) is 0 Å². The Hall–Kier alpha value is -2.40. The highest BCUT2D eigenvalue weighted by atomic mass is 32.2. The van der Waals surface area contributed by atoms with Gasteiger partial charge < -0.3 is 0 Å². The van der Waals surface area contributed by atoms with Crippen LogP contribution in [-0.4, -0.2) is 20.0 Å². The topological polar surface area (TPSA) is 30.7 Å². The molecule has 0 bridgehead atoms. The molecule has 0 N–H and O–H groups in total. The highest BCUT2D eigenvalue weighted by Gasteiger charge is 2.31. The molecule has 2 aromatic heterocycles. The van der Waals surface area contributed by atoms with Crippen molar-refractivity contribution < 1.29 is 4.39 Å². The molecule has 2 unspecified atom stereocenters. The van der Waals surface area contributed by atoms with Crippen LogP contribution in [0.4, 0.5) is 4.39 Å². The van der Waals surface area contributed by atoms with Crippen LogP contribution in [0.15, 0.2) is 59.6 Å². The molecule has 1 aromatic carbocycles. The van der Waals surface area contributed by atoms with Gasteiger partial charge in [-0.1, -0.05) is 38.1 Å². The predicted octanol–water partition coefficient (Wildman–Crippen LogP) is 5.63. The van der Waals surface area contributed by atoms with Crippen LogP contribution in [0.2, 0.25) is 0 Å². The SMILES string of the molecule is CC1=C(c2cc(-c3ccccn3)nn2Cc2ccccc2F)C(C)C(C)S1. The van der Waals surface area contributed by atoms with Gasteiger partial charge in [-0.15, -0.1) is 11.8 Å². The molecular weight excluding hydrogens is 357 g/mol. The molecule has 4 rings (SSSR count). The number of hydrogen-bond acceptors (Lipinski definition) is 3. The fourth-order valence-corrected chi connectivity index (χ4v) is 4.91. The molecule has 0 amide bonds. The highest BCUT2D eigenvalue weighted by Crippen LogP contribution is 2.46. The summed E-state index contributed by atoms with van der Waals surface area (Å²) in [5.74, 6) is 0.217. The lowest BCUT2D eigenvalue weighted by Crippen LogP contribution is -2.12. The number of hydrogen-bond donors (Lipinski definition) is 0. The van der Waals surface area contributed by atoms with E-state index in [9.17, 15) is 4.39 Å². The largest absolute Gasteiger partial charge is 0.260 e. The first-order chi connectivity index (χ1) is 13.0. The first-order valence-corrected chi connectivity index (χ1v) is 10.0. The molecule has 27 heavy (non-hydrogen) atoms. The van der Waals surface area contributed by atoms with Crippen molar-refractivity contribution >= 4 is 17.3 Å². The zero-order chi connectivity index (χ0) is 19.0. The standard InChI is InChI=1S/C22H22FN3S/c1-14-15(2)27-16(3)22(14)21-12-20(19-10-6-7-11-24-19)25-26(21)13-17-8-4-5-9-18(17)23/h4-12,14-15H,13H2,1-3H3. The number of rotatable bonds is 4. The summed E-state index contributed by atoms with van der Waals surface area (Å²) in [5, 5.41) is 5.32. The van der Waals surface area contributed by atoms with E-state index in [1.54, 1.807) is 12.3 Å². The van der Waals surface area contributed by atoms with Gasteiger partial charge in [-0.25, -0.2) is 4.39 Å². The van der Waals surface area contributed by atoms with Gasteiger partial charge in [0.2, 0.25) is 0 Å². The molecule has 3 heterocycles. The Bertz CT molecular complexity index is 994. The molecule has 5 heteroatoms. The molecule has 0 spiro atoms. The van der Waals surface area contributed by atoms with E-state index in [2.05, 4.69) is 31.8 Å². The molecule has 1 aliphatic rings. The van der Waals surface area contributed by atoms with Crippen LogP contribution in [0.25, 0.3) is 17.0 Å². The molecule has 0 radical (unpaired) electrons. The van der Waals surface area contributed by atoms with Crippen LogP contribution in [0.3, 0.4) is 0 Å². The molecule has 0 saturated heterocycles. The lowest BCUT2D eigenvalue weighted by molar-refractivity contribution is 0.581. The summed E-state index contributed by atoms with van der Waals surface area (Å²) in [6.07, 6.45) is 1.77. The lowest BCUT2D eigenvalue weighted by atomic mass is 9.95. The van der Waals surface area contributed by atoms with E-state index in [0.717, 1.165) is 17.1 Å². The van der Waals surface area contributed by atoms with Crippen molar-refractivity contribution in [1.29, 1.82) is 0 Å². The molecule has 1 aliphatic heterocycles. The summed E-state index contributed by atoms with van der Waals surface area (Å²) >= 11 is 1.90. The number of pyridine rings is 1. The number of allylic oxidation sites excluding steroid dienone is 2. The van der Waals surface area contributed by atoms with Crippen LogP contribution in [0, 0.1) is 11.7 Å². The van der Waals surface area contributed by atoms with E-state index in [-0.39, 0.29) is 5.82 Å². The molecule has 0 fully saturated rings. The molecule has 3 nitrogen and oxygen atoms in total. The Kier molecular flexibility index (Phi) is 4.87. The predicted molar refractivity (Wildman–Crippen MR) is 110 cm³/mol. The molecule has 0 aliphatic carbocycles. The van der Waals surface area contributed by atoms with Gasteiger partial charge in [0.1, 0.15) is 11.5 Å². The summed E-state index contributed by atoms with van der Waals surface area (Å²) in [6, 6.07) is 14.8. The van der Waals surface area contributed by atoms with Crippen molar-refractivity contribution in [3.8, 4) is 11.4 Å². The normalized spacial score (nSPS) is 19.7. The molecule has 3 aromatic rings. The average Bonchev–Trinajstić information content (AvgIpc) is 3.18. The van der Waals surface area contributed by atoms with Gasteiger partial charge in [0.15, 0.2) is 0 Å². The first-order valence-electron chi connectivity index (χ1n) is 9.15. The summed E-state index contributed by atoms with van der Waals surface area (Å²) in [5.41, 5.74) is 4.65. The molecule has 138 valence electrons. The van der Waals surface area contributed by atoms with E-state index in [0.29, 0.717) is 23.3 Å². The second kappa shape index (κ2) is 7.31. The maximum atomic E-state index is 14.3. The van der Waals surface area contributed by atoms with Gasteiger partial charge in [0.25, 0.3) is 0 Å². The zero-order valence-electron chi connectivity index (χ0n) is 15.7. The van der Waals surface area contributed by atoms with E-state index in [1.165, 1.54) is 16.5 Å². The molecular formula is C22H22FN3S. The Morgan fingerprint density at radius 2 is 1.85 bits per heavy atom. The third kappa shape index (κ3) is 3.44. The van der Waals surface area contributed by atoms with Gasteiger partial charge >= 0.3 is 0 Å². The van der Waals surface area contributed by atoms with E-state index in [1.807, 2.05) is 46.8 Å².